The molecule has 1 aromatic heterocycles. The average molecular weight is 431 g/mol. The largest absolute Gasteiger partial charge is 0.490 e. The van der Waals surface area contributed by atoms with Gasteiger partial charge in [-0.05, 0) is 38.0 Å². The highest BCUT2D eigenvalue weighted by atomic mass is 16.5. The first-order valence-electron chi connectivity index (χ1n) is 10.7. The van der Waals surface area contributed by atoms with Gasteiger partial charge in [0.05, 0.1) is 26.4 Å². The summed E-state index contributed by atoms with van der Waals surface area (Å²) >= 11 is 0. The van der Waals surface area contributed by atoms with Crippen molar-refractivity contribution in [2.45, 2.75) is 26.8 Å². The van der Waals surface area contributed by atoms with Crippen LogP contribution in [0.4, 0.5) is 0 Å². The summed E-state index contributed by atoms with van der Waals surface area (Å²) in [6, 6.07) is 11.4. The Morgan fingerprint density at radius 1 is 1.00 bits per heavy atom. The molecule has 1 aromatic carbocycles. The van der Waals surface area contributed by atoms with Crippen LogP contribution in [0.1, 0.15) is 25.8 Å². The molecule has 0 radical (unpaired) electrons. The topological polar surface area (TPSA) is 86.2 Å². The lowest BCUT2D eigenvalue weighted by molar-refractivity contribution is 0.0698. The smallest absolute Gasteiger partial charge is 0.219 e. The molecule has 1 heterocycles. The lowest BCUT2D eigenvalue weighted by atomic mass is 10.3. The lowest BCUT2D eigenvalue weighted by Gasteiger charge is -2.12. The van der Waals surface area contributed by atoms with E-state index < -0.39 is 0 Å². The van der Waals surface area contributed by atoms with Crippen LogP contribution >= 0.6 is 0 Å². The summed E-state index contributed by atoms with van der Waals surface area (Å²) in [5, 5.41) is 6.56. The van der Waals surface area contributed by atoms with E-state index in [1.54, 1.807) is 13.3 Å². The highest BCUT2D eigenvalue weighted by molar-refractivity contribution is 5.79. The second kappa shape index (κ2) is 15.0. The lowest BCUT2D eigenvalue weighted by Crippen LogP contribution is -2.38. The molecule has 0 atom stereocenters. The molecule has 8 heteroatoms. The van der Waals surface area contributed by atoms with E-state index in [9.17, 15) is 0 Å². The monoisotopic (exact) mass is 430 g/mol. The third kappa shape index (κ3) is 9.67. The maximum Gasteiger partial charge on any atom is 0.219 e. The first-order valence-corrected chi connectivity index (χ1v) is 10.7. The summed E-state index contributed by atoms with van der Waals surface area (Å²) in [7, 11) is 1.67. The normalized spacial score (nSPS) is 11.3. The Morgan fingerprint density at radius 2 is 1.84 bits per heavy atom. The zero-order chi connectivity index (χ0) is 22.2. The summed E-state index contributed by atoms with van der Waals surface area (Å²) in [5.74, 6) is 2.63. The van der Waals surface area contributed by atoms with Crippen molar-refractivity contribution in [2.24, 2.45) is 4.99 Å². The molecule has 2 rings (SSSR count). The van der Waals surface area contributed by atoms with Gasteiger partial charge in [-0.15, -0.1) is 0 Å². The molecular formula is C23H34N4O4. The van der Waals surface area contributed by atoms with Gasteiger partial charge in [0.15, 0.2) is 17.5 Å². The second-order valence-electron chi connectivity index (χ2n) is 6.57. The van der Waals surface area contributed by atoms with Crippen LogP contribution in [0, 0.1) is 0 Å². The average Bonchev–Trinajstić information content (AvgIpc) is 2.79. The molecule has 0 amide bonds. The minimum absolute atomic E-state index is 0.512. The Bertz CT molecular complexity index is 768. The zero-order valence-corrected chi connectivity index (χ0v) is 18.7. The van der Waals surface area contributed by atoms with E-state index in [2.05, 4.69) is 20.6 Å². The van der Waals surface area contributed by atoms with Gasteiger partial charge in [0.25, 0.3) is 0 Å². The zero-order valence-electron chi connectivity index (χ0n) is 18.7. The molecular weight excluding hydrogens is 396 g/mol. The SMILES string of the molecule is CCNC(=NCc1ccc(Oc2ccccc2OCC)nc1)NCCCOCCOC. The summed E-state index contributed by atoms with van der Waals surface area (Å²) in [5.41, 5.74) is 0.991. The van der Waals surface area contributed by atoms with Gasteiger partial charge in [0, 0.05) is 39.1 Å². The molecule has 0 bridgehead atoms. The van der Waals surface area contributed by atoms with Gasteiger partial charge in [-0.25, -0.2) is 9.98 Å². The molecule has 8 nitrogen and oxygen atoms in total. The number of pyridine rings is 1. The van der Waals surface area contributed by atoms with Gasteiger partial charge >= 0.3 is 0 Å². The number of ether oxygens (including phenoxy) is 4. The molecule has 0 saturated heterocycles. The Hall–Kier alpha value is -2.84. The Labute approximate surface area is 185 Å². The van der Waals surface area contributed by atoms with E-state index in [1.165, 1.54) is 0 Å². The number of aliphatic imine (C=N–C) groups is 1. The summed E-state index contributed by atoms with van der Waals surface area (Å²) < 4.78 is 21.9. The number of aromatic nitrogens is 1. The van der Waals surface area contributed by atoms with Crippen LogP contribution in [0.15, 0.2) is 47.6 Å². The Balaban J connectivity index is 1.83. The predicted molar refractivity (Wildman–Crippen MR) is 122 cm³/mol. The fraction of sp³-hybridized carbons (Fsp3) is 0.478. The van der Waals surface area contributed by atoms with Crippen LogP contribution in [0.25, 0.3) is 0 Å². The maximum absolute atomic E-state index is 5.87. The third-order valence-corrected chi connectivity index (χ3v) is 4.11. The molecule has 0 aliphatic carbocycles. The molecule has 170 valence electrons. The van der Waals surface area contributed by atoms with Gasteiger partial charge in [-0.3, -0.25) is 0 Å². The van der Waals surface area contributed by atoms with Crippen molar-refractivity contribution < 1.29 is 18.9 Å². The summed E-state index contributed by atoms with van der Waals surface area (Å²) in [6.07, 6.45) is 2.67. The van der Waals surface area contributed by atoms with Crippen molar-refractivity contribution in [1.29, 1.82) is 0 Å². The van der Waals surface area contributed by atoms with Crippen LogP contribution < -0.4 is 20.1 Å². The number of benzene rings is 1. The van der Waals surface area contributed by atoms with Crippen LogP contribution in [-0.2, 0) is 16.0 Å². The second-order valence-corrected chi connectivity index (χ2v) is 6.57. The van der Waals surface area contributed by atoms with Crippen molar-refractivity contribution >= 4 is 5.96 Å². The third-order valence-electron chi connectivity index (χ3n) is 4.11. The van der Waals surface area contributed by atoms with Crippen molar-refractivity contribution in [1.82, 2.24) is 15.6 Å². The van der Waals surface area contributed by atoms with Gasteiger partial charge in [-0.2, -0.15) is 0 Å². The van der Waals surface area contributed by atoms with Gasteiger partial charge in [-0.1, -0.05) is 18.2 Å². The number of rotatable bonds is 14. The molecule has 0 aliphatic rings. The standard InChI is InChI=1S/C23H34N4O4/c1-4-24-23(25-13-8-14-29-16-15-28-3)27-18-19-11-12-22(26-17-19)31-21-10-7-6-9-20(21)30-5-2/h6-7,9-12,17H,4-5,8,13-16,18H2,1-3H3,(H2,24,25,27). The number of hydrogen-bond acceptors (Lipinski definition) is 6. The van der Waals surface area contributed by atoms with Crippen molar-refractivity contribution in [3.63, 3.8) is 0 Å². The van der Waals surface area contributed by atoms with Crippen LogP contribution in [-0.4, -0.2) is 57.6 Å². The Kier molecular flexibility index (Phi) is 11.8. The fourth-order valence-corrected chi connectivity index (χ4v) is 2.62. The number of nitrogens with zero attached hydrogens (tertiary/aromatic N) is 2. The molecule has 0 unspecified atom stereocenters. The van der Waals surface area contributed by atoms with Gasteiger partial charge in [0.2, 0.25) is 5.88 Å². The maximum atomic E-state index is 5.87. The Morgan fingerprint density at radius 3 is 2.55 bits per heavy atom. The first kappa shape index (κ1) is 24.4. The highest BCUT2D eigenvalue weighted by Gasteiger charge is 2.06. The molecule has 0 fully saturated rings. The van der Waals surface area contributed by atoms with E-state index in [0.29, 0.717) is 50.4 Å². The van der Waals surface area contributed by atoms with Gasteiger partial charge < -0.3 is 29.6 Å². The molecule has 0 saturated carbocycles. The molecule has 31 heavy (non-hydrogen) atoms. The predicted octanol–water partition coefficient (Wildman–Crippen LogP) is 3.38. The van der Waals surface area contributed by atoms with E-state index in [4.69, 9.17) is 18.9 Å². The molecule has 2 N–H and O–H groups in total. The molecule has 0 spiro atoms. The van der Waals surface area contributed by atoms with Crippen molar-refractivity contribution in [3.05, 3.63) is 48.2 Å². The number of methoxy groups -OCH3 is 1. The van der Waals surface area contributed by atoms with Crippen molar-refractivity contribution in [3.8, 4) is 17.4 Å². The van der Waals surface area contributed by atoms with Crippen molar-refractivity contribution in [2.75, 3.05) is 46.6 Å². The van der Waals surface area contributed by atoms with Crippen LogP contribution in [0.2, 0.25) is 0 Å². The van der Waals surface area contributed by atoms with E-state index in [1.807, 2.05) is 50.2 Å². The number of guanidine groups is 1. The fourth-order valence-electron chi connectivity index (χ4n) is 2.62. The van der Waals surface area contributed by atoms with E-state index in [-0.39, 0.29) is 0 Å². The molecule has 2 aromatic rings. The first-order chi connectivity index (χ1) is 15.3. The van der Waals surface area contributed by atoms with Crippen LogP contribution in [0.5, 0.6) is 17.4 Å². The van der Waals surface area contributed by atoms with E-state index in [0.717, 1.165) is 31.0 Å². The quantitative estimate of drug-likeness (QED) is 0.270. The number of nitrogens with one attached hydrogen (secondary N) is 2. The number of para-hydroxylation sites is 2. The summed E-state index contributed by atoms with van der Waals surface area (Å²) in [4.78, 5) is 9.01. The van der Waals surface area contributed by atoms with Crippen LogP contribution in [0.3, 0.4) is 0 Å². The minimum Gasteiger partial charge on any atom is -0.490 e. The molecule has 0 aliphatic heterocycles. The minimum atomic E-state index is 0.512. The van der Waals surface area contributed by atoms with Gasteiger partial charge in [0.1, 0.15) is 0 Å². The summed E-state index contributed by atoms with van der Waals surface area (Å²) in [6.45, 7) is 8.58. The number of hydrogen-bond donors (Lipinski definition) is 2. The van der Waals surface area contributed by atoms with E-state index >= 15 is 0 Å². The highest BCUT2D eigenvalue weighted by Crippen LogP contribution is 2.30.